The molecule has 1 N–H and O–H groups in total. The molecule has 1 amide bonds. The fourth-order valence-corrected chi connectivity index (χ4v) is 1.61. The third-order valence-electron chi connectivity index (χ3n) is 2.60. The summed E-state index contributed by atoms with van der Waals surface area (Å²) in [6, 6.07) is 3.07. The summed E-state index contributed by atoms with van der Waals surface area (Å²) in [6.07, 6.45) is -5.74. The van der Waals surface area contributed by atoms with E-state index in [4.69, 9.17) is 16.3 Å². The van der Waals surface area contributed by atoms with Gasteiger partial charge in [-0.3, -0.25) is 4.79 Å². The van der Waals surface area contributed by atoms with Crippen LogP contribution in [0.15, 0.2) is 12.1 Å². The van der Waals surface area contributed by atoms with Gasteiger partial charge in [-0.05, 0) is 25.5 Å². The SMILES string of the molecule is COc1cc(Cl)c(C)cc1NC(=O)[C@H](C)OCC(F)(F)F. The third kappa shape index (κ3) is 5.43. The zero-order chi connectivity index (χ0) is 16.2. The molecule has 1 aromatic carbocycles. The predicted molar refractivity (Wildman–Crippen MR) is 72.8 cm³/mol. The molecule has 118 valence electrons. The molecule has 4 nitrogen and oxygen atoms in total. The Morgan fingerprint density at radius 3 is 2.57 bits per heavy atom. The Morgan fingerprint density at radius 2 is 2.05 bits per heavy atom. The molecule has 8 heteroatoms. The fourth-order valence-electron chi connectivity index (χ4n) is 1.46. The number of hydrogen-bond acceptors (Lipinski definition) is 3. The van der Waals surface area contributed by atoms with E-state index in [1.807, 2.05) is 0 Å². The summed E-state index contributed by atoms with van der Waals surface area (Å²) in [5.74, 6) is -0.402. The molecule has 0 saturated heterocycles. The molecular weight excluding hydrogens is 311 g/mol. The number of carbonyl (C=O) groups excluding carboxylic acids is 1. The Hall–Kier alpha value is -1.47. The lowest BCUT2D eigenvalue weighted by Gasteiger charge is -2.16. The van der Waals surface area contributed by atoms with Gasteiger partial charge in [0.05, 0.1) is 12.8 Å². The number of rotatable bonds is 5. The van der Waals surface area contributed by atoms with Crippen LogP contribution in [0.3, 0.4) is 0 Å². The van der Waals surface area contributed by atoms with E-state index < -0.39 is 24.8 Å². The van der Waals surface area contributed by atoms with Crippen LogP contribution >= 0.6 is 11.6 Å². The Labute approximate surface area is 125 Å². The number of anilines is 1. The second kappa shape index (κ2) is 7.00. The van der Waals surface area contributed by atoms with E-state index in [0.717, 1.165) is 0 Å². The first-order chi connectivity index (χ1) is 9.64. The second-order valence-electron chi connectivity index (χ2n) is 4.36. The number of carbonyl (C=O) groups is 1. The number of halogens is 4. The molecule has 0 bridgehead atoms. The Kier molecular flexibility index (Phi) is 5.86. The average Bonchev–Trinajstić information content (AvgIpc) is 2.38. The van der Waals surface area contributed by atoms with E-state index in [1.54, 1.807) is 13.0 Å². The normalized spacial score (nSPS) is 12.9. The summed E-state index contributed by atoms with van der Waals surface area (Å²) in [5, 5.41) is 2.90. The van der Waals surface area contributed by atoms with Crippen molar-refractivity contribution in [1.82, 2.24) is 0 Å². The minimum absolute atomic E-state index is 0.307. The minimum Gasteiger partial charge on any atom is -0.495 e. The molecule has 0 spiro atoms. The minimum atomic E-state index is -4.48. The molecule has 1 rings (SSSR count). The molecule has 21 heavy (non-hydrogen) atoms. The summed E-state index contributed by atoms with van der Waals surface area (Å²) >= 11 is 5.92. The van der Waals surface area contributed by atoms with Crippen LogP contribution in [-0.4, -0.2) is 31.9 Å². The fraction of sp³-hybridized carbons (Fsp3) is 0.462. The van der Waals surface area contributed by atoms with Crippen LogP contribution < -0.4 is 10.1 Å². The topological polar surface area (TPSA) is 47.6 Å². The smallest absolute Gasteiger partial charge is 0.411 e. The van der Waals surface area contributed by atoms with Crippen molar-refractivity contribution in [2.24, 2.45) is 0 Å². The summed E-state index contributed by atoms with van der Waals surface area (Å²) < 4.78 is 45.6. The lowest BCUT2D eigenvalue weighted by molar-refractivity contribution is -0.184. The van der Waals surface area contributed by atoms with Crippen LogP contribution in [0.4, 0.5) is 18.9 Å². The van der Waals surface area contributed by atoms with Gasteiger partial charge in [0.2, 0.25) is 0 Å². The number of aryl methyl sites for hydroxylation is 1. The lowest BCUT2D eigenvalue weighted by Crippen LogP contribution is -2.31. The maximum Gasteiger partial charge on any atom is 0.411 e. The highest BCUT2D eigenvalue weighted by molar-refractivity contribution is 6.31. The van der Waals surface area contributed by atoms with Gasteiger partial charge in [-0.1, -0.05) is 11.6 Å². The molecule has 0 unspecified atom stereocenters. The number of hydrogen-bond donors (Lipinski definition) is 1. The van der Waals surface area contributed by atoms with Gasteiger partial charge in [0.25, 0.3) is 5.91 Å². The number of methoxy groups -OCH3 is 1. The van der Waals surface area contributed by atoms with Crippen molar-refractivity contribution in [1.29, 1.82) is 0 Å². The van der Waals surface area contributed by atoms with E-state index >= 15 is 0 Å². The van der Waals surface area contributed by atoms with Crippen molar-refractivity contribution in [2.75, 3.05) is 19.0 Å². The van der Waals surface area contributed by atoms with E-state index in [9.17, 15) is 18.0 Å². The number of benzene rings is 1. The summed E-state index contributed by atoms with van der Waals surface area (Å²) in [7, 11) is 1.39. The number of ether oxygens (including phenoxy) is 2. The van der Waals surface area contributed by atoms with Crippen LogP contribution in [0.2, 0.25) is 5.02 Å². The predicted octanol–water partition coefficient (Wildman–Crippen LogP) is 3.56. The molecule has 0 fully saturated rings. The zero-order valence-electron chi connectivity index (χ0n) is 11.7. The highest BCUT2D eigenvalue weighted by Gasteiger charge is 2.30. The van der Waals surface area contributed by atoms with Crippen molar-refractivity contribution in [3.05, 3.63) is 22.7 Å². The van der Waals surface area contributed by atoms with Crippen molar-refractivity contribution in [3.63, 3.8) is 0 Å². The van der Waals surface area contributed by atoms with Crippen LogP contribution in [0.5, 0.6) is 5.75 Å². The summed E-state index contributed by atoms with van der Waals surface area (Å²) in [4.78, 5) is 11.8. The first-order valence-electron chi connectivity index (χ1n) is 5.97. The highest BCUT2D eigenvalue weighted by atomic mass is 35.5. The molecule has 0 radical (unpaired) electrons. The zero-order valence-corrected chi connectivity index (χ0v) is 12.4. The molecule has 0 aromatic heterocycles. The highest BCUT2D eigenvalue weighted by Crippen LogP contribution is 2.31. The first kappa shape index (κ1) is 17.6. The molecule has 0 aliphatic heterocycles. The van der Waals surface area contributed by atoms with Gasteiger partial charge in [0.15, 0.2) is 0 Å². The molecule has 0 saturated carbocycles. The van der Waals surface area contributed by atoms with Gasteiger partial charge in [-0.15, -0.1) is 0 Å². The number of alkyl halides is 3. The third-order valence-corrected chi connectivity index (χ3v) is 3.01. The molecular formula is C13H15ClF3NO3. The quantitative estimate of drug-likeness (QED) is 0.900. The Morgan fingerprint density at radius 1 is 1.43 bits per heavy atom. The molecule has 0 heterocycles. The summed E-state index contributed by atoms with van der Waals surface area (Å²) in [6.45, 7) is 1.47. The van der Waals surface area contributed by atoms with Gasteiger partial charge in [0.1, 0.15) is 18.5 Å². The van der Waals surface area contributed by atoms with Crippen molar-refractivity contribution < 1.29 is 27.4 Å². The van der Waals surface area contributed by atoms with E-state index in [2.05, 4.69) is 10.1 Å². The largest absolute Gasteiger partial charge is 0.495 e. The van der Waals surface area contributed by atoms with Gasteiger partial charge in [0, 0.05) is 11.1 Å². The van der Waals surface area contributed by atoms with Crippen LogP contribution in [0.25, 0.3) is 0 Å². The Balaban J connectivity index is 2.76. The monoisotopic (exact) mass is 325 g/mol. The van der Waals surface area contributed by atoms with Crippen LogP contribution in [-0.2, 0) is 9.53 Å². The average molecular weight is 326 g/mol. The van der Waals surface area contributed by atoms with Crippen LogP contribution in [0.1, 0.15) is 12.5 Å². The van der Waals surface area contributed by atoms with Gasteiger partial charge in [-0.2, -0.15) is 13.2 Å². The first-order valence-corrected chi connectivity index (χ1v) is 6.35. The van der Waals surface area contributed by atoms with Crippen molar-refractivity contribution in [3.8, 4) is 5.75 Å². The van der Waals surface area contributed by atoms with Gasteiger partial charge < -0.3 is 14.8 Å². The van der Waals surface area contributed by atoms with Crippen molar-refractivity contribution in [2.45, 2.75) is 26.1 Å². The Bertz CT molecular complexity index is 520. The van der Waals surface area contributed by atoms with Gasteiger partial charge >= 0.3 is 6.18 Å². The number of nitrogens with one attached hydrogen (secondary N) is 1. The standard InChI is InChI=1S/C13H15ClF3NO3/c1-7-4-10(11(20-3)5-9(7)14)18-12(19)8(2)21-6-13(15,16)17/h4-5,8H,6H2,1-3H3,(H,18,19)/t8-/m0/s1. The molecule has 0 aliphatic carbocycles. The van der Waals surface area contributed by atoms with Crippen molar-refractivity contribution >= 4 is 23.2 Å². The van der Waals surface area contributed by atoms with E-state index in [1.165, 1.54) is 20.1 Å². The lowest BCUT2D eigenvalue weighted by atomic mass is 10.2. The maximum absolute atomic E-state index is 12.0. The van der Waals surface area contributed by atoms with Crippen LogP contribution in [0, 0.1) is 6.92 Å². The number of amides is 1. The van der Waals surface area contributed by atoms with Gasteiger partial charge in [-0.25, -0.2) is 0 Å². The second-order valence-corrected chi connectivity index (χ2v) is 4.77. The molecule has 0 aliphatic rings. The molecule has 1 aromatic rings. The molecule has 1 atom stereocenters. The maximum atomic E-state index is 12.0. The van der Waals surface area contributed by atoms with E-state index in [-0.39, 0.29) is 0 Å². The van der Waals surface area contributed by atoms with E-state index in [0.29, 0.717) is 22.0 Å². The summed E-state index contributed by atoms with van der Waals surface area (Å²) in [5.41, 5.74) is 1.00.